The highest BCUT2D eigenvalue weighted by molar-refractivity contribution is 5.98. The topological polar surface area (TPSA) is 15.6 Å². The Morgan fingerprint density at radius 2 is 2.20 bits per heavy atom. The summed E-state index contributed by atoms with van der Waals surface area (Å²) < 4.78 is 0. The van der Waals surface area contributed by atoms with Crippen molar-refractivity contribution in [2.45, 2.75) is 13.5 Å². The Hall–Kier alpha value is -1.83. The maximum absolute atomic E-state index is 4.63. The first-order valence-corrected chi connectivity index (χ1v) is 5.13. The molecule has 0 spiro atoms. The fourth-order valence-corrected chi connectivity index (χ4v) is 1.99. The number of hydrogen-bond acceptors (Lipinski definition) is 2. The molecule has 2 aliphatic rings. The van der Waals surface area contributed by atoms with E-state index < -0.39 is 0 Å². The van der Waals surface area contributed by atoms with Gasteiger partial charge in [0.1, 0.15) is 5.84 Å². The van der Waals surface area contributed by atoms with Crippen molar-refractivity contribution in [3.05, 3.63) is 53.8 Å². The van der Waals surface area contributed by atoms with Crippen LogP contribution in [0.5, 0.6) is 0 Å². The van der Waals surface area contributed by atoms with Gasteiger partial charge < -0.3 is 4.90 Å². The molecule has 0 unspecified atom stereocenters. The molecule has 0 radical (unpaired) electrons. The number of allylic oxidation sites excluding steroid dienone is 2. The van der Waals surface area contributed by atoms with E-state index in [-0.39, 0.29) is 0 Å². The zero-order valence-electron chi connectivity index (χ0n) is 8.64. The Labute approximate surface area is 89.3 Å². The average Bonchev–Trinajstić information content (AvgIpc) is 2.27. The molecule has 0 saturated carbocycles. The van der Waals surface area contributed by atoms with Gasteiger partial charge in [0.05, 0.1) is 12.2 Å². The summed E-state index contributed by atoms with van der Waals surface area (Å²) in [6.07, 6.45) is 8.19. The molecule has 3 rings (SSSR count). The van der Waals surface area contributed by atoms with Crippen LogP contribution in [0.4, 0.5) is 5.69 Å². The predicted molar refractivity (Wildman–Crippen MR) is 62.1 cm³/mol. The van der Waals surface area contributed by atoms with Crippen LogP contribution < -0.4 is 0 Å². The average molecular weight is 196 g/mol. The maximum Gasteiger partial charge on any atom is 0.133 e. The number of benzene rings is 1. The highest BCUT2D eigenvalue weighted by Crippen LogP contribution is 2.29. The lowest BCUT2D eigenvalue weighted by Gasteiger charge is -2.28. The van der Waals surface area contributed by atoms with Crippen molar-refractivity contribution < 1.29 is 0 Å². The first-order valence-electron chi connectivity index (χ1n) is 5.13. The highest BCUT2D eigenvalue weighted by Gasteiger charge is 2.18. The molecular weight excluding hydrogens is 184 g/mol. The van der Waals surface area contributed by atoms with Gasteiger partial charge in [0.25, 0.3) is 0 Å². The molecule has 0 atom stereocenters. The van der Waals surface area contributed by atoms with Gasteiger partial charge in [0.15, 0.2) is 0 Å². The monoisotopic (exact) mass is 196 g/mol. The predicted octanol–water partition coefficient (Wildman–Crippen LogP) is 2.92. The fourth-order valence-electron chi connectivity index (χ4n) is 1.99. The third-order valence-electron chi connectivity index (χ3n) is 2.87. The molecule has 0 aromatic heterocycles. The van der Waals surface area contributed by atoms with Gasteiger partial charge in [0, 0.05) is 11.8 Å². The molecule has 1 aromatic rings. The molecule has 2 nitrogen and oxygen atoms in total. The van der Waals surface area contributed by atoms with E-state index in [1.807, 2.05) is 18.2 Å². The van der Waals surface area contributed by atoms with Crippen molar-refractivity contribution in [3.8, 4) is 0 Å². The van der Waals surface area contributed by atoms with Crippen LogP contribution in [0.25, 0.3) is 0 Å². The lowest BCUT2D eigenvalue weighted by molar-refractivity contribution is 0.542. The van der Waals surface area contributed by atoms with Gasteiger partial charge in [-0.05, 0) is 30.7 Å². The second-order valence-electron chi connectivity index (χ2n) is 3.87. The molecular formula is C13H12N2. The van der Waals surface area contributed by atoms with Crippen LogP contribution >= 0.6 is 0 Å². The number of hydrogen-bond donors (Lipinski definition) is 0. The largest absolute Gasteiger partial charge is 0.329 e. The van der Waals surface area contributed by atoms with Crippen molar-refractivity contribution in [3.63, 3.8) is 0 Å². The Morgan fingerprint density at radius 1 is 1.27 bits per heavy atom. The third-order valence-corrected chi connectivity index (χ3v) is 2.87. The number of amidine groups is 1. The van der Waals surface area contributed by atoms with E-state index in [0.717, 1.165) is 18.1 Å². The molecule has 2 aliphatic heterocycles. The van der Waals surface area contributed by atoms with Gasteiger partial charge >= 0.3 is 0 Å². The molecule has 74 valence electrons. The second-order valence-corrected chi connectivity index (χ2v) is 3.87. The van der Waals surface area contributed by atoms with Gasteiger partial charge in [-0.15, -0.1) is 0 Å². The molecule has 1 aromatic carbocycles. The SMILES string of the molecule is Cc1cccc2c1CN1C=CC=CC1=N2. The summed E-state index contributed by atoms with van der Waals surface area (Å²) in [7, 11) is 0. The molecule has 0 fully saturated rings. The fraction of sp³-hybridized carbons (Fsp3) is 0.154. The quantitative estimate of drug-likeness (QED) is 0.623. The van der Waals surface area contributed by atoms with E-state index >= 15 is 0 Å². The molecule has 0 aliphatic carbocycles. The summed E-state index contributed by atoms with van der Waals surface area (Å²) in [6.45, 7) is 3.07. The lowest BCUT2D eigenvalue weighted by Crippen LogP contribution is -2.28. The zero-order chi connectivity index (χ0) is 10.3. The minimum Gasteiger partial charge on any atom is -0.329 e. The van der Waals surface area contributed by atoms with Crippen molar-refractivity contribution in [2.75, 3.05) is 0 Å². The maximum atomic E-state index is 4.63. The Balaban J connectivity index is 2.16. The molecule has 15 heavy (non-hydrogen) atoms. The van der Waals surface area contributed by atoms with Crippen molar-refractivity contribution >= 4 is 11.5 Å². The molecule has 0 saturated heterocycles. The molecule has 2 heterocycles. The van der Waals surface area contributed by atoms with Crippen LogP contribution in [0.1, 0.15) is 11.1 Å². The third kappa shape index (κ3) is 1.30. The minimum atomic E-state index is 0.932. The van der Waals surface area contributed by atoms with Crippen molar-refractivity contribution in [1.29, 1.82) is 0 Å². The number of aliphatic imine (C=N–C) groups is 1. The van der Waals surface area contributed by atoms with E-state index in [9.17, 15) is 0 Å². The van der Waals surface area contributed by atoms with Gasteiger partial charge in [-0.25, -0.2) is 4.99 Å². The zero-order valence-corrected chi connectivity index (χ0v) is 8.64. The van der Waals surface area contributed by atoms with Crippen molar-refractivity contribution in [2.24, 2.45) is 4.99 Å². The highest BCUT2D eigenvalue weighted by atomic mass is 15.2. The molecule has 0 amide bonds. The standard InChI is InChI=1S/C13H12N2/c1-10-5-4-6-12-11(10)9-15-8-3-2-7-13(15)14-12/h2-8H,9H2,1H3. The van der Waals surface area contributed by atoms with Crippen LogP contribution in [-0.4, -0.2) is 10.7 Å². The van der Waals surface area contributed by atoms with Crippen LogP contribution in [0, 0.1) is 6.92 Å². The lowest BCUT2D eigenvalue weighted by atomic mass is 10.0. The number of nitrogens with zero attached hydrogens (tertiary/aromatic N) is 2. The van der Waals surface area contributed by atoms with Crippen LogP contribution in [0.15, 0.2) is 47.6 Å². The van der Waals surface area contributed by atoms with E-state index in [1.165, 1.54) is 11.1 Å². The minimum absolute atomic E-state index is 0.932. The van der Waals surface area contributed by atoms with Crippen LogP contribution in [0.2, 0.25) is 0 Å². The number of rotatable bonds is 0. The summed E-state index contributed by atoms with van der Waals surface area (Å²) in [5.41, 5.74) is 3.76. The molecule has 0 N–H and O–H groups in total. The van der Waals surface area contributed by atoms with Crippen LogP contribution in [-0.2, 0) is 6.54 Å². The van der Waals surface area contributed by atoms with E-state index in [0.29, 0.717) is 0 Å². The summed E-state index contributed by atoms with van der Waals surface area (Å²) in [5, 5.41) is 0. The smallest absolute Gasteiger partial charge is 0.133 e. The molecule has 2 heteroatoms. The Morgan fingerprint density at radius 3 is 3.13 bits per heavy atom. The summed E-state index contributed by atoms with van der Waals surface area (Å²) in [6, 6.07) is 6.29. The Bertz CT molecular complexity index is 495. The Kier molecular flexibility index (Phi) is 1.75. The van der Waals surface area contributed by atoms with Gasteiger partial charge in [-0.2, -0.15) is 0 Å². The first-order chi connectivity index (χ1) is 7.34. The van der Waals surface area contributed by atoms with Crippen molar-refractivity contribution in [1.82, 2.24) is 4.90 Å². The summed E-state index contributed by atoms with van der Waals surface area (Å²) in [4.78, 5) is 6.81. The van der Waals surface area contributed by atoms with Gasteiger partial charge in [-0.3, -0.25) is 0 Å². The summed E-state index contributed by atoms with van der Waals surface area (Å²) in [5.74, 6) is 1.04. The van der Waals surface area contributed by atoms with Gasteiger partial charge in [0.2, 0.25) is 0 Å². The second kappa shape index (κ2) is 3.09. The van der Waals surface area contributed by atoms with E-state index in [2.05, 4.69) is 41.2 Å². The summed E-state index contributed by atoms with van der Waals surface area (Å²) >= 11 is 0. The number of fused-ring (bicyclic) bond motifs is 2. The van der Waals surface area contributed by atoms with E-state index in [4.69, 9.17) is 0 Å². The first kappa shape index (κ1) is 8.48. The van der Waals surface area contributed by atoms with E-state index in [1.54, 1.807) is 0 Å². The molecule has 0 bridgehead atoms. The number of aryl methyl sites for hydroxylation is 1. The van der Waals surface area contributed by atoms with Gasteiger partial charge in [-0.1, -0.05) is 18.2 Å². The van der Waals surface area contributed by atoms with Crippen LogP contribution in [0.3, 0.4) is 0 Å². The normalized spacial score (nSPS) is 17.1.